The maximum absolute atomic E-state index is 13.1. The molecule has 2 N–H and O–H groups in total. The molecule has 0 amide bonds. The van der Waals surface area contributed by atoms with E-state index in [9.17, 15) is 4.39 Å². The van der Waals surface area contributed by atoms with Gasteiger partial charge in [0, 0.05) is 5.92 Å². The fourth-order valence-electron chi connectivity index (χ4n) is 3.83. The molecule has 1 aromatic heterocycles. The van der Waals surface area contributed by atoms with Crippen molar-refractivity contribution in [2.75, 3.05) is 5.73 Å². The van der Waals surface area contributed by atoms with Gasteiger partial charge in [-0.1, -0.05) is 30.1 Å². The first-order valence-electron chi connectivity index (χ1n) is 7.26. The zero-order valence-electron chi connectivity index (χ0n) is 11.2. The van der Waals surface area contributed by atoms with Crippen molar-refractivity contribution in [1.29, 1.82) is 0 Å². The van der Waals surface area contributed by atoms with E-state index in [2.05, 4.69) is 5.16 Å². The van der Waals surface area contributed by atoms with Crippen LogP contribution in [0.15, 0.2) is 28.8 Å². The highest BCUT2D eigenvalue weighted by Gasteiger charge is 2.54. The average Bonchev–Trinajstić information content (AvgIpc) is 3.08. The highest BCUT2D eigenvalue weighted by molar-refractivity contribution is 5.76. The van der Waals surface area contributed by atoms with Gasteiger partial charge < -0.3 is 10.3 Å². The van der Waals surface area contributed by atoms with Gasteiger partial charge >= 0.3 is 0 Å². The number of nitrogens with zero attached hydrogens (tertiary/aromatic N) is 1. The number of halogens is 1. The predicted molar refractivity (Wildman–Crippen MR) is 74.5 cm³/mol. The van der Waals surface area contributed by atoms with Crippen LogP contribution in [-0.2, 0) is 0 Å². The highest BCUT2D eigenvalue weighted by atomic mass is 19.1. The van der Waals surface area contributed by atoms with E-state index in [0.29, 0.717) is 11.7 Å². The van der Waals surface area contributed by atoms with Gasteiger partial charge in [-0.05, 0) is 42.4 Å². The second kappa shape index (κ2) is 4.33. The van der Waals surface area contributed by atoms with Crippen molar-refractivity contribution in [2.45, 2.75) is 31.6 Å². The van der Waals surface area contributed by atoms with Crippen molar-refractivity contribution in [3.8, 4) is 11.1 Å². The Morgan fingerprint density at radius 2 is 1.75 bits per heavy atom. The first kappa shape index (κ1) is 11.9. The highest BCUT2D eigenvalue weighted by Crippen LogP contribution is 2.62. The van der Waals surface area contributed by atoms with Gasteiger partial charge in [-0.25, -0.2) is 4.39 Å². The minimum absolute atomic E-state index is 0.245. The second-order valence-corrected chi connectivity index (χ2v) is 5.95. The Kier molecular flexibility index (Phi) is 2.59. The molecule has 3 nitrogen and oxygen atoms in total. The molecule has 0 spiro atoms. The van der Waals surface area contributed by atoms with E-state index in [1.807, 2.05) is 0 Å². The van der Waals surface area contributed by atoms with Crippen LogP contribution in [-0.4, -0.2) is 5.16 Å². The number of anilines is 1. The molecule has 2 aliphatic carbocycles. The van der Waals surface area contributed by atoms with Crippen molar-refractivity contribution in [3.63, 3.8) is 0 Å². The molecule has 2 unspecified atom stereocenters. The van der Waals surface area contributed by atoms with Crippen LogP contribution in [0.5, 0.6) is 0 Å². The molecular weight excluding hydrogens is 255 g/mol. The Hall–Kier alpha value is -1.84. The predicted octanol–water partition coefficient (Wildman–Crippen LogP) is 3.97. The molecule has 2 saturated carbocycles. The van der Waals surface area contributed by atoms with Crippen LogP contribution < -0.4 is 5.73 Å². The Bertz CT molecular complexity index is 622. The van der Waals surface area contributed by atoms with Gasteiger partial charge in [0.15, 0.2) is 5.82 Å². The van der Waals surface area contributed by atoms with Crippen LogP contribution in [0.2, 0.25) is 0 Å². The number of fused-ring (bicyclic) bond motifs is 1. The van der Waals surface area contributed by atoms with E-state index < -0.39 is 0 Å². The topological polar surface area (TPSA) is 52.0 Å². The largest absolute Gasteiger partial charge is 0.380 e. The summed E-state index contributed by atoms with van der Waals surface area (Å²) in [7, 11) is 0. The van der Waals surface area contributed by atoms with E-state index in [1.54, 1.807) is 12.1 Å². The lowest BCUT2D eigenvalue weighted by molar-refractivity contribution is 0.381. The quantitative estimate of drug-likeness (QED) is 0.900. The molecule has 2 aromatic rings. The summed E-state index contributed by atoms with van der Waals surface area (Å²) in [6.07, 6.45) is 5.18. The van der Waals surface area contributed by atoms with Gasteiger partial charge in [-0.15, -0.1) is 0 Å². The Labute approximate surface area is 117 Å². The van der Waals surface area contributed by atoms with Crippen LogP contribution in [0, 0.1) is 17.7 Å². The van der Waals surface area contributed by atoms with Crippen molar-refractivity contribution < 1.29 is 8.91 Å². The summed E-state index contributed by atoms with van der Waals surface area (Å²) in [6, 6.07) is 6.39. The molecule has 0 bridgehead atoms. The first-order valence-corrected chi connectivity index (χ1v) is 7.26. The van der Waals surface area contributed by atoms with Crippen LogP contribution >= 0.6 is 0 Å². The fraction of sp³-hybridized carbons (Fsp3) is 0.438. The van der Waals surface area contributed by atoms with Crippen LogP contribution in [0.1, 0.15) is 37.4 Å². The molecule has 1 aromatic carbocycles. The van der Waals surface area contributed by atoms with E-state index in [4.69, 9.17) is 10.3 Å². The van der Waals surface area contributed by atoms with Gasteiger partial charge in [-0.2, -0.15) is 0 Å². The number of benzene rings is 1. The van der Waals surface area contributed by atoms with E-state index in [-0.39, 0.29) is 5.82 Å². The fourth-order valence-corrected chi connectivity index (χ4v) is 3.83. The normalized spacial score (nSPS) is 28.1. The summed E-state index contributed by atoms with van der Waals surface area (Å²) in [5, 5.41) is 3.94. The zero-order chi connectivity index (χ0) is 13.7. The molecule has 0 saturated heterocycles. The third-order valence-electron chi connectivity index (χ3n) is 4.84. The van der Waals surface area contributed by atoms with Crippen molar-refractivity contribution in [3.05, 3.63) is 35.8 Å². The van der Waals surface area contributed by atoms with Gasteiger partial charge in [0.1, 0.15) is 11.6 Å². The Morgan fingerprint density at radius 1 is 1.10 bits per heavy atom. The molecule has 2 fully saturated rings. The third kappa shape index (κ3) is 1.74. The van der Waals surface area contributed by atoms with Crippen molar-refractivity contribution in [2.24, 2.45) is 11.8 Å². The monoisotopic (exact) mass is 272 g/mol. The molecule has 20 heavy (non-hydrogen) atoms. The number of nitrogen functional groups attached to an aromatic ring is 1. The van der Waals surface area contributed by atoms with E-state index in [0.717, 1.165) is 28.7 Å². The minimum atomic E-state index is -0.245. The molecule has 0 radical (unpaired) electrons. The molecular formula is C16H17FN2O. The van der Waals surface area contributed by atoms with Gasteiger partial charge in [0.05, 0.1) is 5.56 Å². The summed E-state index contributed by atoms with van der Waals surface area (Å²) in [5.41, 5.74) is 7.73. The van der Waals surface area contributed by atoms with E-state index >= 15 is 0 Å². The third-order valence-corrected chi connectivity index (χ3v) is 4.84. The summed E-state index contributed by atoms with van der Waals surface area (Å²) in [4.78, 5) is 0. The standard InChI is InChI=1S/C16H17FN2O/c17-10-7-5-9(6-8-10)13-15(20-19-16(13)18)14-11-3-1-2-4-12(11)14/h5-8,11-12,14H,1-4H2,(H2,18,19). The van der Waals surface area contributed by atoms with Gasteiger partial charge in [-0.3, -0.25) is 0 Å². The van der Waals surface area contributed by atoms with Crippen molar-refractivity contribution >= 4 is 5.82 Å². The lowest BCUT2D eigenvalue weighted by atomic mass is 10.0. The van der Waals surface area contributed by atoms with Gasteiger partial charge in [0.25, 0.3) is 0 Å². The number of nitrogens with two attached hydrogens (primary N) is 1. The zero-order valence-corrected chi connectivity index (χ0v) is 11.2. The SMILES string of the molecule is Nc1noc(C2C3CCCCC32)c1-c1ccc(F)cc1. The average molecular weight is 272 g/mol. The lowest BCUT2D eigenvalue weighted by Crippen LogP contribution is -1.91. The Morgan fingerprint density at radius 3 is 2.40 bits per heavy atom. The number of hydrogen-bond donors (Lipinski definition) is 1. The van der Waals surface area contributed by atoms with Crippen LogP contribution in [0.25, 0.3) is 11.1 Å². The van der Waals surface area contributed by atoms with E-state index in [1.165, 1.54) is 37.8 Å². The maximum atomic E-state index is 13.1. The second-order valence-electron chi connectivity index (χ2n) is 5.95. The van der Waals surface area contributed by atoms with Crippen LogP contribution in [0.3, 0.4) is 0 Å². The summed E-state index contributed by atoms with van der Waals surface area (Å²) < 4.78 is 18.6. The number of rotatable bonds is 2. The summed E-state index contributed by atoms with van der Waals surface area (Å²) in [6.45, 7) is 0. The van der Waals surface area contributed by atoms with Gasteiger partial charge in [0.2, 0.25) is 0 Å². The molecule has 4 heteroatoms. The molecule has 0 aliphatic heterocycles. The molecule has 4 rings (SSSR count). The first-order chi connectivity index (χ1) is 9.75. The number of hydrogen-bond acceptors (Lipinski definition) is 3. The lowest BCUT2D eigenvalue weighted by Gasteiger charge is -2.04. The van der Waals surface area contributed by atoms with Crippen LogP contribution in [0.4, 0.5) is 10.2 Å². The number of aromatic nitrogens is 1. The molecule has 2 atom stereocenters. The summed E-state index contributed by atoms with van der Waals surface area (Å²) in [5.74, 6) is 3.00. The van der Waals surface area contributed by atoms with Crippen molar-refractivity contribution in [1.82, 2.24) is 5.16 Å². The maximum Gasteiger partial charge on any atom is 0.175 e. The molecule has 104 valence electrons. The minimum Gasteiger partial charge on any atom is -0.380 e. The summed E-state index contributed by atoms with van der Waals surface area (Å²) >= 11 is 0. The molecule has 1 heterocycles. The molecule has 2 aliphatic rings. The smallest absolute Gasteiger partial charge is 0.175 e. The Balaban J connectivity index is 1.73.